The summed E-state index contributed by atoms with van der Waals surface area (Å²) in [5.41, 5.74) is -0.431. The van der Waals surface area contributed by atoms with Gasteiger partial charge in [-0.1, -0.05) is 13.8 Å². The van der Waals surface area contributed by atoms with Gasteiger partial charge in [0.1, 0.15) is 0 Å². The first-order chi connectivity index (χ1) is 9.36. The first-order valence-electron chi connectivity index (χ1n) is 7.58. The summed E-state index contributed by atoms with van der Waals surface area (Å²) in [7, 11) is 0. The number of carbonyl (C=O) groups excluding carboxylic acids is 1. The van der Waals surface area contributed by atoms with E-state index in [0.29, 0.717) is 12.3 Å². The van der Waals surface area contributed by atoms with Gasteiger partial charge >= 0.3 is 0 Å². The van der Waals surface area contributed by atoms with Crippen LogP contribution in [0.4, 0.5) is 0 Å². The van der Waals surface area contributed by atoms with E-state index in [1.165, 1.54) is 0 Å². The lowest BCUT2D eigenvalue weighted by molar-refractivity contribution is -0.132. The Bertz CT molecular complexity index is 299. The highest BCUT2D eigenvalue weighted by atomic mass is 16.5. The predicted octanol–water partition coefficient (Wildman–Crippen LogP) is 0.868. The Balaban J connectivity index is 2.53. The highest BCUT2D eigenvalue weighted by Gasteiger charge is 2.32. The highest BCUT2D eigenvalue weighted by molar-refractivity contribution is 5.82. The minimum atomic E-state index is -0.431. The molecule has 1 aliphatic heterocycles. The van der Waals surface area contributed by atoms with E-state index in [4.69, 9.17) is 9.84 Å². The topological polar surface area (TPSA) is 61.8 Å². The molecule has 1 rings (SSSR count). The van der Waals surface area contributed by atoms with Crippen molar-refractivity contribution in [3.63, 3.8) is 0 Å². The Hall–Kier alpha value is -0.650. The number of hydrogen-bond acceptors (Lipinski definition) is 4. The average molecular weight is 286 g/mol. The molecule has 1 atom stereocenters. The summed E-state index contributed by atoms with van der Waals surface area (Å²) in [6.07, 6.45) is 0.608. The van der Waals surface area contributed by atoms with Crippen molar-refractivity contribution in [2.24, 2.45) is 11.3 Å². The largest absolute Gasteiger partial charge is 0.396 e. The fraction of sp³-hybridized carbons (Fsp3) is 0.933. The molecule has 1 fully saturated rings. The Morgan fingerprint density at radius 2 is 1.95 bits per heavy atom. The van der Waals surface area contributed by atoms with E-state index < -0.39 is 5.41 Å². The smallest absolute Gasteiger partial charge is 0.227 e. The molecule has 5 nitrogen and oxygen atoms in total. The number of nitrogens with zero attached hydrogens (tertiary/aromatic N) is 1. The summed E-state index contributed by atoms with van der Waals surface area (Å²) >= 11 is 0. The van der Waals surface area contributed by atoms with Gasteiger partial charge in [-0.15, -0.1) is 0 Å². The zero-order chi connectivity index (χ0) is 15.2. The average Bonchev–Trinajstić information content (AvgIpc) is 2.38. The maximum Gasteiger partial charge on any atom is 0.227 e. The molecule has 1 unspecified atom stereocenters. The summed E-state index contributed by atoms with van der Waals surface area (Å²) < 4.78 is 5.33. The van der Waals surface area contributed by atoms with Gasteiger partial charge < -0.3 is 15.2 Å². The van der Waals surface area contributed by atoms with Crippen molar-refractivity contribution >= 4 is 5.91 Å². The highest BCUT2D eigenvalue weighted by Crippen LogP contribution is 2.19. The quantitative estimate of drug-likeness (QED) is 0.729. The summed E-state index contributed by atoms with van der Waals surface area (Å²) in [5.74, 6) is 0.390. The van der Waals surface area contributed by atoms with Crippen LogP contribution in [0.15, 0.2) is 0 Å². The van der Waals surface area contributed by atoms with Crippen LogP contribution in [-0.4, -0.2) is 61.4 Å². The number of nitrogens with one attached hydrogen (secondary N) is 1. The molecule has 0 saturated carbocycles. The van der Waals surface area contributed by atoms with E-state index >= 15 is 0 Å². The Morgan fingerprint density at radius 3 is 2.45 bits per heavy atom. The third-order valence-electron chi connectivity index (χ3n) is 3.90. The van der Waals surface area contributed by atoms with Crippen LogP contribution in [0, 0.1) is 11.3 Å². The number of morpholine rings is 1. The molecule has 0 aromatic carbocycles. The molecule has 0 aromatic heterocycles. The van der Waals surface area contributed by atoms with Gasteiger partial charge in [-0.25, -0.2) is 0 Å². The number of amides is 1. The second-order valence-corrected chi connectivity index (χ2v) is 6.61. The minimum Gasteiger partial charge on any atom is -0.396 e. The van der Waals surface area contributed by atoms with Gasteiger partial charge in [-0.2, -0.15) is 0 Å². The summed E-state index contributed by atoms with van der Waals surface area (Å²) in [4.78, 5) is 14.8. The number of aliphatic hydroxyl groups excluding tert-OH is 1. The number of carbonyl (C=O) groups is 1. The molecule has 0 aliphatic carbocycles. The molecule has 1 aliphatic rings. The van der Waals surface area contributed by atoms with Crippen LogP contribution in [0.3, 0.4) is 0 Å². The fourth-order valence-electron chi connectivity index (χ4n) is 2.47. The van der Waals surface area contributed by atoms with Crippen LogP contribution in [0.1, 0.15) is 34.1 Å². The SMILES string of the molecule is CC(C)C(CCO)NC(=O)C(C)(C)CN1CCOCC1. The molecule has 1 saturated heterocycles. The summed E-state index contributed by atoms with van der Waals surface area (Å²) in [6.45, 7) is 12.2. The van der Waals surface area contributed by atoms with Gasteiger partial charge in [0.25, 0.3) is 0 Å². The van der Waals surface area contributed by atoms with Crippen molar-refractivity contribution < 1.29 is 14.6 Å². The Morgan fingerprint density at radius 1 is 1.35 bits per heavy atom. The van der Waals surface area contributed by atoms with Crippen molar-refractivity contribution in [3.05, 3.63) is 0 Å². The van der Waals surface area contributed by atoms with Crippen LogP contribution < -0.4 is 5.32 Å². The monoisotopic (exact) mass is 286 g/mol. The second kappa shape index (κ2) is 7.96. The van der Waals surface area contributed by atoms with Gasteiger partial charge in [-0.05, 0) is 26.2 Å². The number of hydrogen-bond donors (Lipinski definition) is 2. The standard InChI is InChI=1S/C15H30N2O3/c1-12(2)13(5-8-18)16-14(19)15(3,4)11-17-6-9-20-10-7-17/h12-13,18H,5-11H2,1-4H3,(H,16,19). The molecule has 0 aromatic rings. The molecule has 0 radical (unpaired) electrons. The van der Waals surface area contributed by atoms with E-state index in [1.807, 2.05) is 13.8 Å². The second-order valence-electron chi connectivity index (χ2n) is 6.61. The van der Waals surface area contributed by atoms with E-state index in [9.17, 15) is 4.79 Å². The van der Waals surface area contributed by atoms with E-state index in [-0.39, 0.29) is 18.6 Å². The molecule has 1 amide bonds. The van der Waals surface area contributed by atoms with Crippen molar-refractivity contribution in [2.45, 2.75) is 40.2 Å². The molecule has 118 valence electrons. The number of ether oxygens (including phenoxy) is 1. The van der Waals surface area contributed by atoms with Crippen LogP contribution >= 0.6 is 0 Å². The third kappa shape index (κ3) is 5.38. The third-order valence-corrected chi connectivity index (χ3v) is 3.90. The lowest BCUT2D eigenvalue weighted by atomic mass is 9.89. The molecule has 5 heteroatoms. The van der Waals surface area contributed by atoms with Crippen molar-refractivity contribution in [2.75, 3.05) is 39.5 Å². The normalized spacial score (nSPS) is 19.1. The number of rotatable bonds is 7. The van der Waals surface area contributed by atoms with Gasteiger partial charge in [0.05, 0.1) is 18.6 Å². The van der Waals surface area contributed by atoms with Crippen LogP contribution in [0.5, 0.6) is 0 Å². The maximum atomic E-state index is 12.5. The van der Waals surface area contributed by atoms with Gasteiger partial charge in [0.15, 0.2) is 0 Å². The Kier molecular flexibility index (Phi) is 6.92. The molecule has 1 heterocycles. The van der Waals surface area contributed by atoms with Crippen molar-refractivity contribution in [3.8, 4) is 0 Å². The molecular formula is C15H30N2O3. The van der Waals surface area contributed by atoms with Gasteiger partial charge in [0.2, 0.25) is 5.91 Å². The molecule has 2 N–H and O–H groups in total. The molecule has 0 spiro atoms. The molecular weight excluding hydrogens is 256 g/mol. The van der Waals surface area contributed by atoms with E-state index in [2.05, 4.69) is 24.1 Å². The predicted molar refractivity (Wildman–Crippen MR) is 79.5 cm³/mol. The minimum absolute atomic E-state index is 0.0384. The maximum absolute atomic E-state index is 12.5. The van der Waals surface area contributed by atoms with E-state index in [1.54, 1.807) is 0 Å². The first kappa shape index (κ1) is 17.4. The molecule has 0 bridgehead atoms. The van der Waals surface area contributed by atoms with Crippen LogP contribution in [0.25, 0.3) is 0 Å². The van der Waals surface area contributed by atoms with E-state index in [0.717, 1.165) is 32.8 Å². The van der Waals surface area contributed by atoms with Crippen molar-refractivity contribution in [1.82, 2.24) is 10.2 Å². The first-order valence-corrected chi connectivity index (χ1v) is 7.58. The number of aliphatic hydroxyl groups is 1. The van der Waals surface area contributed by atoms with Gasteiger partial charge in [-0.3, -0.25) is 9.69 Å². The summed E-state index contributed by atoms with van der Waals surface area (Å²) in [6, 6.07) is 0.0384. The van der Waals surface area contributed by atoms with Crippen molar-refractivity contribution in [1.29, 1.82) is 0 Å². The lowest BCUT2D eigenvalue weighted by Crippen LogP contribution is -2.51. The zero-order valence-electron chi connectivity index (χ0n) is 13.3. The van der Waals surface area contributed by atoms with Gasteiger partial charge in [0, 0.05) is 32.3 Å². The fourth-order valence-corrected chi connectivity index (χ4v) is 2.47. The zero-order valence-corrected chi connectivity index (χ0v) is 13.3. The van der Waals surface area contributed by atoms with Crippen LogP contribution in [-0.2, 0) is 9.53 Å². The lowest BCUT2D eigenvalue weighted by Gasteiger charge is -2.35. The van der Waals surface area contributed by atoms with Crippen LogP contribution in [0.2, 0.25) is 0 Å². The Labute approximate surface area is 122 Å². The summed E-state index contributed by atoms with van der Waals surface area (Å²) in [5, 5.41) is 12.2. The molecule has 20 heavy (non-hydrogen) atoms.